The predicted molar refractivity (Wildman–Crippen MR) is 93.3 cm³/mol. The summed E-state index contributed by atoms with van der Waals surface area (Å²) >= 11 is 0. The topological polar surface area (TPSA) is 52.6 Å². The zero-order valence-corrected chi connectivity index (χ0v) is 14.8. The summed E-state index contributed by atoms with van der Waals surface area (Å²) in [4.78, 5) is 23.5. The summed E-state index contributed by atoms with van der Waals surface area (Å²) in [5.74, 6) is -0.419. The Morgan fingerprint density at radius 2 is 1.71 bits per heavy atom. The van der Waals surface area contributed by atoms with Gasteiger partial charge in [-0.1, -0.05) is 23.8 Å². The molecule has 2 rings (SSSR count). The summed E-state index contributed by atoms with van der Waals surface area (Å²) in [5.41, 5.74) is 3.81. The Bertz CT molecular complexity index is 616. The summed E-state index contributed by atoms with van der Waals surface area (Å²) in [6.45, 7) is 6.47. The van der Waals surface area contributed by atoms with Crippen molar-refractivity contribution in [1.29, 1.82) is 0 Å². The van der Waals surface area contributed by atoms with E-state index in [0.29, 0.717) is 13.0 Å². The molecule has 4 heteroatoms. The molecule has 0 spiro atoms. The molecule has 0 bridgehead atoms. The maximum absolute atomic E-state index is 12.1. The zero-order chi connectivity index (χ0) is 17.5. The molecule has 0 saturated heterocycles. The second-order valence-corrected chi connectivity index (χ2v) is 6.49. The van der Waals surface area contributed by atoms with Crippen LogP contribution < -0.4 is 0 Å². The smallest absolute Gasteiger partial charge is 0.334 e. The van der Waals surface area contributed by atoms with E-state index in [2.05, 4.69) is 19.9 Å². The fraction of sp³-hybridized carbons (Fsp3) is 0.500. The lowest BCUT2D eigenvalue weighted by Gasteiger charge is -2.23. The van der Waals surface area contributed by atoms with Gasteiger partial charge in [0.05, 0.1) is 0 Å². The Morgan fingerprint density at radius 1 is 1.04 bits per heavy atom. The van der Waals surface area contributed by atoms with E-state index in [4.69, 9.17) is 9.47 Å². The monoisotopic (exact) mass is 330 g/mol. The highest BCUT2D eigenvalue weighted by molar-refractivity contribution is 5.90. The van der Waals surface area contributed by atoms with Crippen molar-refractivity contribution in [3.05, 3.63) is 46.6 Å². The fourth-order valence-electron chi connectivity index (χ4n) is 2.77. The molecule has 0 aromatic carbocycles. The Morgan fingerprint density at radius 3 is 2.29 bits per heavy atom. The molecule has 0 radical (unpaired) electrons. The highest BCUT2D eigenvalue weighted by atomic mass is 16.5. The Hall–Kier alpha value is -2.10. The maximum atomic E-state index is 12.1. The number of carbonyl (C=O) groups excluding carboxylic acids is 2. The van der Waals surface area contributed by atoms with Crippen molar-refractivity contribution in [2.45, 2.75) is 59.0 Å². The molecule has 0 fully saturated rings. The number of ether oxygens (including phenoxy) is 2. The van der Waals surface area contributed by atoms with Gasteiger partial charge in [0.2, 0.25) is 0 Å². The van der Waals surface area contributed by atoms with Crippen molar-refractivity contribution in [3.8, 4) is 0 Å². The number of allylic oxidation sites excluding steroid dienone is 3. The van der Waals surface area contributed by atoms with E-state index in [1.807, 2.05) is 25.2 Å². The number of hydrogen-bond donors (Lipinski definition) is 0. The molecular weight excluding hydrogens is 304 g/mol. The third-order valence-electron chi connectivity index (χ3n) is 4.25. The van der Waals surface area contributed by atoms with Gasteiger partial charge in [-0.25, -0.2) is 9.59 Å². The zero-order valence-electron chi connectivity index (χ0n) is 14.8. The van der Waals surface area contributed by atoms with Crippen molar-refractivity contribution >= 4 is 11.9 Å². The average Bonchev–Trinajstić information content (AvgIpc) is 2.93. The maximum Gasteiger partial charge on any atom is 0.334 e. The van der Waals surface area contributed by atoms with Crippen LogP contribution in [0.2, 0.25) is 0 Å². The minimum absolute atomic E-state index is 0.186. The Balaban J connectivity index is 1.83. The highest BCUT2D eigenvalue weighted by Gasteiger charge is 2.23. The molecule has 1 atom stereocenters. The van der Waals surface area contributed by atoms with E-state index >= 15 is 0 Å². The molecule has 0 aliphatic carbocycles. The number of hydrogen-bond acceptors (Lipinski definition) is 4. The first-order valence-corrected chi connectivity index (χ1v) is 8.53. The fourth-order valence-corrected chi connectivity index (χ4v) is 2.77. The van der Waals surface area contributed by atoms with Crippen LogP contribution in [0.1, 0.15) is 52.9 Å². The summed E-state index contributed by atoms with van der Waals surface area (Å²) in [7, 11) is 0. The molecule has 0 unspecified atom stereocenters. The Kier molecular flexibility index (Phi) is 6.59. The van der Waals surface area contributed by atoms with E-state index in [1.54, 1.807) is 0 Å². The van der Waals surface area contributed by atoms with Gasteiger partial charge in [-0.15, -0.1) is 0 Å². The molecule has 0 saturated carbocycles. The SMILES string of the molecule is CC(C)=CCCC1=CC[C@@H](/C(C)=C/CCC2=CCOC2=O)OC1=O. The van der Waals surface area contributed by atoms with Crippen LogP contribution in [0.3, 0.4) is 0 Å². The summed E-state index contributed by atoms with van der Waals surface area (Å²) in [5, 5.41) is 0. The minimum Gasteiger partial charge on any atom is -0.458 e. The van der Waals surface area contributed by atoms with Gasteiger partial charge in [-0.2, -0.15) is 0 Å². The standard InChI is InChI=1S/C20H26O4/c1-14(2)6-4-8-16-10-11-18(24-20(16)22)15(3)7-5-9-17-12-13-23-19(17)21/h6-7,10,12,18H,4-5,8-9,11,13H2,1-3H3/b15-7+/t18-/m0/s1. The van der Waals surface area contributed by atoms with Crippen LogP contribution in [0.4, 0.5) is 0 Å². The molecule has 4 nitrogen and oxygen atoms in total. The van der Waals surface area contributed by atoms with Gasteiger partial charge in [-0.05, 0) is 58.1 Å². The van der Waals surface area contributed by atoms with Crippen LogP contribution in [-0.4, -0.2) is 24.6 Å². The lowest BCUT2D eigenvalue weighted by Crippen LogP contribution is -2.24. The second-order valence-electron chi connectivity index (χ2n) is 6.49. The van der Waals surface area contributed by atoms with Gasteiger partial charge in [0.15, 0.2) is 0 Å². The molecule has 130 valence electrons. The molecular formula is C20H26O4. The highest BCUT2D eigenvalue weighted by Crippen LogP contribution is 2.24. The van der Waals surface area contributed by atoms with E-state index in [9.17, 15) is 9.59 Å². The van der Waals surface area contributed by atoms with Gasteiger partial charge in [0, 0.05) is 17.6 Å². The van der Waals surface area contributed by atoms with Crippen LogP contribution in [0.5, 0.6) is 0 Å². The molecule has 2 heterocycles. The van der Waals surface area contributed by atoms with Gasteiger partial charge in [0.25, 0.3) is 0 Å². The molecule has 24 heavy (non-hydrogen) atoms. The van der Waals surface area contributed by atoms with E-state index in [-0.39, 0.29) is 18.0 Å². The number of carbonyl (C=O) groups is 2. The number of cyclic esters (lactones) is 2. The molecule has 0 N–H and O–H groups in total. The first-order chi connectivity index (χ1) is 11.5. The van der Waals surface area contributed by atoms with Crippen molar-refractivity contribution in [2.24, 2.45) is 0 Å². The van der Waals surface area contributed by atoms with Gasteiger partial charge in [0.1, 0.15) is 12.7 Å². The summed E-state index contributed by atoms with van der Waals surface area (Å²) < 4.78 is 10.4. The average molecular weight is 330 g/mol. The van der Waals surface area contributed by atoms with Crippen LogP contribution in [0.15, 0.2) is 46.6 Å². The molecule has 0 aromatic rings. The lowest BCUT2D eigenvalue weighted by molar-refractivity contribution is -0.144. The Labute approximate surface area is 143 Å². The number of esters is 2. The first-order valence-electron chi connectivity index (χ1n) is 8.53. The van der Waals surface area contributed by atoms with E-state index in [0.717, 1.165) is 42.4 Å². The third kappa shape index (κ3) is 5.22. The van der Waals surface area contributed by atoms with Gasteiger partial charge in [-0.3, -0.25) is 0 Å². The molecule has 2 aliphatic heterocycles. The normalized spacial score (nSPS) is 21.0. The third-order valence-corrected chi connectivity index (χ3v) is 4.25. The summed E-state index contributed by atoms with van der Waals surface area (Å²) in [6, 6.07) is 0. The van der Waals surface area contributed by atoms with E-state index < -0.39 is 0 Å². The largest absolute Gasteiger partial charge is 0.458 e. The second kappa shape index (κ2) is 8.67. The first kappa shape index (κ1) is 18.2. The van der Waals surface area contributed by atoms with Crippen molar-refractivity contribution in [3.63, 3.8) is 0 Å². The van der Waals surface area contributed by atoms with Crippen molar-refractivity contribution in [1.82, 2.24) is 0 Å². The summed E-state index contributed by atoms with van der Waals surface area (Å²) in [6.07, 6.45) is 11.6. The quantitative estimate of drug-likeness (QED) is 0.519. The van der Waals surface area contributed by atoms with Crippen LogP contribution in [-0.2, 0) is 19.1 Å². The van der Waals surface area contributed by atoms with Crippen LogP contribution >= 0.6 is 0 Å². The van der Waals surface area contributed by atoms with Crippen LogP contribution in [0, 0.1) is 0 Å². The minimum atomic E-state index is -0.214. The number of rotatable bonds is 7. The van der Waals surface area contributed by atoms with Gasteiger partial charge >= 0.3 is 11.9 Å². The predicted octanol–water partition coefficient (Wildman–Crippen LogP) is 4.18. The van der Waals surface area contributed by atoms with E-state index in [1.165, 1.54) is 5.57 Å². The van der Waals surface area contributed by atoms with Crippen molar-refractivity contribution in [2.75, 3.05) is 6.61 Å². The van der Waals surface area contributed by atoms with Crippen molar-refractivity contribution < 1.29 is 19.1 Å². The molecule has 0 aromatic heterocycles. The molecule has 0 amide bonds. The molecule has 2 aliphatic rings. The van der Waals surface area contributed by atoms with Gasteiger partial charge < -0.3 is 9.47 Å². The lowest BCUT2D eigenvalue weighted by atomic mass is 9.99. The van der Waals surface area contributed by atoms with Crippen LogP contribution in [0.25, 0.3) is 0 Å².